The highest BCUT2D eigenvalue weighted by Gasteiger charge is 2.05. The van der Waals surface area contributed by atoms with Gasteiger partial charge in [0.1, 0.15) is 5.82 Å². The summed E-state index contributed by atoms with van der Waals surface area (Å²) in [4.78, 5) is 2.14. The summed E-state index contributed by atoms with van der Waals surface area (Å²) in [5.41, 5.74) is 2.21. The van der Waals surface area contributed by atoms with Crippen LogP contribution < -0.4 is 0 Å². The standard InChI is InChI=1S/C13H13BrFNO/c1-16(8-11-4-5-17-9-11)7-10-2-3-13(15)12(14)6-10/h2-6,9H,7-8H2,1H3. The first-order valence-corrected chi connectivity index (χ1v) is 6.08. The van der Waals surface area contributed by atoms with Gasteiger partial charge in [-0.2, -0.15) is 0 Å². The second-order valence-electron chi connectivity index (χ2n) is 4.05. The highest BCUT2D eigenvalue weighted by molar-refractivity contribution is 9.10. The lowest BCUT2D eigenvalue weighted by molar-refractivity contribution is 0.317. The predicted molar refractivity (Wildman–Crippen MR) is 68.0 cm³/mol. The van der Waals surface area contributed by atoms with Gasteiger partial charge in [-0.05, 0) is 46.7 Å². The van der Waals surface area contributed by atoms with Crippen LogP contribution in [0.3, 0.4) is 0 Å². The third-order valence-corrected chi connectivity index (χ3v) is 3.08. The summed E-state index contributed by atoms with van der Waals surface area (Å²) >= 11 is 3.19. The topological polar surface area (TPSA) is 16.4 Å². The zero-order chi connectivity index (χ0) is 12.3. The minimum Gasteiger partial charge on any atom is -0.472 e. The lowest BCUT2D eigenvalue weighted by Gasteiger charge is -2.15. The van der Waals surface area contributed by atoms with Crippen LogP contribution in [0.15, 0.2) is 45.7 Å². The van der Waals surface area contributed by atoms with Gasteiger partial charge >= 0.3 is 0 Å². The van der Waals surface area contributed by atoms with Crippen LogP contribution in [-0.2, 0) is 13.1 Å². The summed E-state index contributed by atoms with van der Waals surface area (Å²) < 4.78 is 18.6. The van der Waals surface area contributed by atoms with Crippen LogP contribution in [0.2, 0.25) is 0 Å². The van der Waals surface area contributed by atoms with E-state index in [0.717, 1.165) is 24.2 Å². The normalized spacial score (nSPS) is 11.1. The number of rotatable bonds is 4. The number of furan rings is 1. The van der Waals surface area contributed by atoms with Crippen LogP contribution in [0.1, 0.15) is 11.1 Å². The quantitative estimate of drug-likeness (QED) is 0.853. The Morgan fingerprint density at radius 3 is 2.65 bits per heavy atom. The Hall–Kier alpha value is -1.13. The second kappa shape index (κ2) is 5.47. The van der Waals surface area contributed by atoms with E-state index in [4.69, 9.17) is 4.42 Å². The molecule has 1 heterocycles. The first-order valence-electron chi connectivity index (χ1n) is 5.28. The van der Waals surface area contributed by atoms with E-state index in [0.29, 0.717) is 4.47 Å². The average molecular weight is 298 g/mol. The molecule has 1 aromatic carbocycles. The average Bonchev–Trinajstić information content (AvgIpc) is 2.76. The molecule has 0 fully saturated rings. The molecular formula is C13H13BrFNO. The van der Waals surface area contributed by atoms with Crippen molar-refractivity contribution in [2.75, 3.05) is 7.05 Å². The van der Waals surface area contributed by atoms with E-state index in [2.05, 4.69) is 20.8 Å². The molecule has 0 saturated heterocycles. The Bertz CT molecular complexity index is 484. The van der Waals surface area contributed by atoms with Gasteiger partial charge in [-0.3, -0.25) is 4.90 Å². The second-order valence-corrected chi connectivity index (χ2v) is 4.91. The van der Waals surface area contributed by atoms with Crippen molar-refractivity contribution < 1.29 is 8.81 Å². The minimum absolute atomic E-state index is 0.230. The molecule has 0 amide bonds. The van der Waals surface area contributed by atoms with Gasteiger partial charge in [-0.15, -0.1) is 0 Å². The predicted octanol–water partition coefficient (Wildman–Crippen LogP) is 3.81. The lowest BCUT2D eigenvalue weighted by Crippen LogP contribution is -2.16. The van der Waals surface area contributed by atoms with Crippen LogP contribution in [0.25, 0.3) is 0 Å². The molecule has 17 heavy (non-hydrogen) atoms. The molecule has 0 aliphatic heterocycles. The highest BCUT2D eigenvalue weighted by Crippen LogP contribution is 2.18. The van der Waals surface area contributed by atoms with Crippen molar-refractivity contribution >= 4 is 15.9 Å². The fraction of sp³-hybridized carbons (Fsp3) is 0.231. The van der Waals surface area contributed by atoms with Gasteiger partial charge in [0.15, 0.2) is 0 Å². The van der Waals surface area contributed by atoms with Gasteiger partial charge < -0.3 is 4.42 Å². The summed E-state index contributed by atoms with van der Waals surface area (Å²) in [5, 5.41) is 0. The highest BCUT2D eigenvalue weighted by atomic mass is 79.9. The maximum Gasteiger partial charge on any atom is 0.137 e. The molecule has 2 aromatic rings. The van der Waals surface area contributed by atoms with Crippen LogP contribution in [0.4, 0.5) is 4.39 Å². The van der Waals surface area contributed by atoms with Crippen LogP contribution in [-0.4, -0.2) is 11.9 Å². The first kappa shape index (κ1) is 12.3. The summed E-state index contributed by atoms with van der Waals surface area (Å²) in [6.45, 7) is 1.58. The van der Waals surface area contributed by atoms with Crippen molar-refractivity contribution in [3.05, 3.63) is 58.2 Å². The van der Waals surface area contributed by atoms with E-state index in [1.165, 1.54) is 6.07 Å². The summed E-state index contributed by atoms with van der Waals surface area (Å²) in [6.07, 6.45) is 3.40. The van der Waals surface area contributed by atoms with Crippen molar-refractivity contribution in [2.24, 2.45) is 0 Å². The zero-order valence-electron chi connectivity index (χ0n) is 9.49. The van der Waals surface area contributed by atoms with Gasteiger partial charge in [-0.1, -0.05) is 6.07 Å². The third kappa shape index (κ3) is 3.41. The number of hydrogen-bond donors (Lipinski definition) is 0. The molecule has 0 saturated carbocycles. The third-order valence-electron chi connectivity index (χ3n) is 2.47. The van der Waals surface area contributed by atoms with Crippen molar-refractivity contribution in [1.82, 2.24) is 4.90 Å². The van der Waals surface area contributed by atoms with Gasteiger partial charge in [0.2, 0.25) is 0 Å². The van der Waals surface area contributed by atoms with E-state index in [-0.39, 0.29) is 5.82 Å². The van der Waals surface area contributed by atoms with E-state index in [1.807, 2.05) is 13.1 Å². The molecular weight excluding hydrogens is 285 g/mol. The van der Waals surface area contributed by atoms with E-state index < -0.39 is 0 Å². The first-order chi connectivity index (χ1) is 8.15. The molecule has 0 bridgehead atoms. The van der Waals surface area contributed by atoms with Crippen LogP contribution >= 0.6 is 15.9 Å². The molecule has 0 radical (unpaired) electrons. The van der Waals surface area contributed by atoms with E-state index in [9.17, 15) is 4.39 Å². The van der Waals surface area contributed by atoms with Crippen LogP contribution in [0, 0.1) is 5.82 Å². The smallest absolute Gasteiger partial charge is 0.137 e. The Morgan fingerprint density at radius 2 is 2.00 bits per heavy atom. The van der Waals surface area contributed by atoms with Crippen molar-refractivity contribution in [3.8, 4) is 0 Å². The molecule has 1 aromatic heterocycles. The van der Waals surface area contributed by atoms with Gasteiger partial charge in [-0.25, -0.2) is 4.39 Å². The SMILES string of the molecule is CN(Cc1ccoc1)Cc1ccc(F)c(Br)c1. The fourth-order valence-corrected chi connectivity index (χ4v) is 2.13. The van der Waals surface area contributed by atoms with Crippen molar-refractivity contribution in [1.29, 1.82) is 0 Å². The molecule has 0 unspecified atom stereocenters. The minimum atomic E-state index is -0.230. The Labute approximate surface area is 108 Å². The summed E-state index contributed by atoms with van der Waals surface area (Å²) in [5.74, 6) is -0.230. The number of halogens is 2. The molecule has 4 heteroatoms. The number of benzene rings is 1. The monoisotopic (exact) mass is 297 g/mol. The van der Waals surface area contributed by atoms with Gasteiger partial charge in [0.05, 0.1) is 17.0 Å². The molecule has 0 atom stereocenters. The molecule has 90 valence electrons. The molecule has 2 nitrogen and oxygen atoms in total. The Morgan fingerprint density at radius 1 is 1.24 bits per heavy atom. The zero-order valence-corrected chi connectivity index (χ0v) is 11.1. The van der Waals surface area contributed by atoms with Gasteiger partial charge in [0.25, 0.3) is 0 Å². The van der Waals surface area contributed by atoms with Crippen molar-refractivity contribution in [3.63, 3.8) is 0 Å². The molecule has 0 aliphatic carbocycles. The van der Waals surface area contributed by atoms with Gasteiger partial charge in [0, 0.05) is 18.7 Å². The van der Waals surface area contributed by atoms with E-state index >= 15 is 0 Å². The number of hydrogen-bond acceptors (Lipinski definition) is 2. The summed E-state index contributed by atoms with van der Waals surface area (Å²) in [7, 11) is 2.02. The number of nitrogens with zero attached hydrogens (tertiary/aromatic N) is 1. The molecule has 0 aliphatic rings. The maximum atomic E-state index is 13.1. The maximum absolute atomic E-state index is 13.1. The summed E-state index contributed by atoms with van der Waals surface area (Å²) in [6, 6.07) is 7.02. The van der Waals surface area contributed by atoms with Crippen molar-refractivity contribution in [2.45, 2.75) is 13.1 Å². The molecule has 0 N–H and O–H groups in total. The molecule has 0 spiro atoms. The van der Waals surface area contributed by atoms with Crippen LogP contribution in [0.5, 0.6) is 0 Å². The van der Waals surface area contributed by atoms with E-state index in [1.54, 1.807) is 24.7 Å². The Kier molecular flexibility index (Phi) is 3.97. The molecule has 2 rings (SSSR count). The fourth-order valence-electron chi connectivity index (χ4n) is 1.70. The largest absolute Gasteiger partial charge is 0.472 e. The lowest BCUT2D eigenvalue weighted by atomic mass is 10.2. The Balaban J connectivity index is 1.98.